The number of benzene rings is 2. The molecule has 142 valence electrons. The first kappa shape index (κ1) is 18.1. The summed E-state index contributed by atoms with van der Waals surface area (Å²) in [5, 5.41) is 7.22. The number of rotatable bonds is 5. The van der Waals surface area contributed by atoms with Gasteiger partial charge in [0.2, 0.25) is 11.7 Å². The third-order valence-electron chi connectivity index (χ3n) is 4.11. The lowest BCUT2D eigenvalue weighted by Gasteiger charge is -2.09. The van der Waals surface area contributed by atoms with E-state index in [1.807, 2.05) is 13.8 Å². The number of para-hydroxylation sites is 1. The molecule has 0 aliphatic carbocycles. The molecule has 0 unspecified atom stereocenters. The van der Waals surface area contributed by atoms with Gasteiger partial charge in [0.1, 0.15) is 5.75 Å². The van der Waals surface area contributed by atoms with Gasteiger partial charge >= 0.3 is 0 Å². The third kappa shape index (κ3) is 3.72. The van der Waals surface area contributed by atoms with Gasteiger partial charge in [-0.2, -0.15) is 4.98 Å². The zero-order chi connectivity index (χ0) is 19.7. The topological polar surface area (TPSA) is 90.1 Å². The first-order valence-electron chi connectivity index (χ1n) is 8.70. The normalized spacial score (nSPS) is 11.0. The average Bonchev–Trinajstić information content (AvgIpc) is 3.26. The van der Waals surface area contributed by atoms with Crippen LogP contribution < -0.4 is 10.1 Å². The number of aryl methyl sites for hydroxylation is 3. The fourth-order valence-corrected chi connectivity index (χ4v) is 3.95. The van der Waals surface area contributed by atoms with Crippen molar-refractivity contribution >= 4 is 32.6 Å². The first-order valence-corrected chi connectivity index (χ1v) is 9.51. The van der Waals surface area contributed by atoms with Crippen LogP contribution in [-0.2, 0) is 6.61 Å². The van der Waals surface area contributed by atoms with Crippen LogP contribution in [0.25, 0.3) is 10.2 Å². The summed E-state index contributed by atoms with van der Waals surface area (Å²) >= 11 is 1.45. The molecule has 8 heteroatoms. The largest absolute Gasteiger partial charge is 0.485 e. The standard InChI is InChI=1S/C20H18N4O3S/c1-11-8-12(2)18-16(9-11)28-20(22-18)23-19(25)14-6-4-5-7-15(14)26-10-17-21-13(3)27-24-17/h4-9H,10H2,1-3H3,(H,22,23,25). The van der Waals surface area contributed by atoms with E-state index in [1.165, 1.54) is 16.9 Å². The Labute approximate surface area is 165 Å². The SMILES string of the molecule is Cc1cc(C)c2nc(NC(=O)c3ccccc3OCc3noc(C)n3)sc2c1. The number of anilines is 1. The van der Waals surface area contributed by atoms with Crippen LogP contribution in [0.15, 0.2) is 40.9 Å². The van der Waals surface area contributed by atoms with E-state index in [1.54, 1.807) is 31.2 Å². The lowest BCUT2D eigenvalue weighted by molar-refractivity contribution is 0.102. The van der Waals surface area contributed by atoms with Gasteiger partial charge in [-0.3, -0.25) is 10.1 Å². The minimum Gasteiger partial charge on any atom is -0.485 e. The summed E-state index contributed by atoms with van der Waals surface area (Å²) in [5.74, 6) is 1.04. The number of hydrogen-bond acceptors (Lipinski definition) is 7. The van der Waals surface area contributed by atoms with Crippen LogP contribution in [0.5, 0.6) is 5.75 Å². The minimum atomic E-state index is -0.284. The fraction of sp³-hybridized carbons (Fsp3) is 0.200. The maximum atomic E-state index is 12.8. The number of amides is 1. The highest BCUT2D eigenvalue weighted by Crippen LogP contribution is 2.30. The maximum Gasteiger partial charge on any atom is 0.261 e. The number of fused-ring (bicyclic) bond motifs is 1. The van der Waals surface area contributed by atoms with Crippen molar-refractivity contribution in [3.63, 3.8) is 0 Å². The van der Waals surface area contributed by atoms with Crippen LogP contribution in [-0.4, -0.2) is 21.0 Å². The lowest BCUT2D eigenvalue weighted by Crippen LogP contribution is -2.13. The summed E-state index contributed by atoms with van der Waals surface area (Å²) in [7, 11) is 0. The van der Waals surface area contributed by atoms with E-state index in [2.05, 4.69) is 32.6 Å². The number of ether oxygens (including phenoxy) is 1. The molecular weight excluding hydrogens is 376 g/mol. The molecule has 0 aliphatic rings. The van der Waals surface area contributed by atoms with E-state index in [4.69, 9.17) is 9.26 Å². The lowest BCUT2D eigenvalue weighted by atomic mass is 10.1. The van der Waals surface area contributed by atoms with Crippen molar-refractivity contribution in [2.24, 2.45) is 0 Å². The molecule has 0 saturated carbocycles. The van der Waals surface area contributed by atoms with E-state index in [-0.39, 0.29) is 12.5 Å². The van der Waals surface area contributed by atoms with Crippen LogP contribution in [0, 0.1) is 20.8 Å². The molecule has 0 spiro atoms. The minimum absolute atomic E-state index is 0.112. The molecule has 2 heterocycles. The molecule has 0 atom stereocenters. The monoisotopic (exact) mass is 394 g/mol. The number of nitrogens with one attached hydrogen (secondary N) is 1. The molecular formula is C20H18N4O3S. The zero-order valence-electron chi connectivity index (χ0n) is 15.6. The summed E-state index contributed by atoms with van der Waals surface area (Å²) < 4.78 is 11.7. The molecule has 1 N–H and O–H groups in total. The molecule has 0 bridgehead atoms. The predicted molar refractivity (Wildman–Crippen MR) is 107 cm³/mol. The molecule has 1 amide bonds. The molecule has 0 aliphatic heterocycles. The molecule has 7 nitrogen and oxygen atoms in total. The number of carbonyl (C=O) groups excluding carboxylic acids is 1. The van der Waals surface area contributed by atoms with Crippen molar-refractivity contribution in [1.82, 2.24) is 15.1 Å². The summed E-state index contributed by atoms with van der Waals surface area (Å²) in [6, 6.07) is 11.2. The van der Waals surface area contributed by atoms with Gasteiger partial charge in [-0.05, 0) is 43.2 Å². The van der Waals surface area contributed by atoms with E-state index in [9.17, 15) is 4.79 Å². The Hall–Kier alpha value is -3.26. The maximum absolute atomic E-state index is 12.8. The highest BCUT2D eigenvalue weighted by molar-refractivity contribution is 7.22. The quantitative estimate of drug-likeness (QED) is 0.538. The van der Waals surface area contributed by atoms with Crippen LogP contribution >= 0.6 is 11.3 Å². The molecule has 4 rings (SSSR count). The Balaban J connectivity index is 1.54. The van der Waals surface area contributed by atoms with E-state index in [0.717, 1.165) is 15.8 Å². The molecule has 0 radical (unpaired) electrons. The third-order valence-corrected chi connectivity index (χ3v) is 5.03. The number of carbonyl (C=O) groups is 1. The molecule has 2 aromatic heterocycles. The summed E-state index contributed by atoms with van der Waals surface area (Å²) in [6.07, 6.45) is 0. The van der Waals surface area contributed by atoms with Crippen molar-refractivity contribution < 1.29 is 14.1 Å². The Morgan fingerprint density at radius 2 is 2.00 bits per heavy atom. The Bertz CT molecular complexity index is 1170. The van der Waals surface area contributed by atoms with Gasteiger partial charge in [0, 0.05) is 6.92 Å². The number of hydrogen-bond donors (Lipinski definition) is 1. The van der Waals surface area contributed by atoms with Crippen molar-refractivity contribution in [3.05, 3.63) is 64.8 Å². The zero-order valence-corrected chi connectivity index (χ0v) is 16.5. The van der Waals surface area contributed by atoms with Gasteiger partial charge in [-0.1, -0.05) is 34.7 Å². The summed E-state index contributed by atoms with van der Waals surface area (Å²) in [4.78, 5) is 21.5. The Morgan fingerprint density at radius 3 is 2.79 bits per heavy atom. The molecule has 28 heavy (non-hydrogen) atoms. The van der Waals surface area contributed by atoms with Gasteiger partial charge in [-0.15, -0.1) is 0 Å². The number of aromatic nitrogens is 3. The number of nitrogens with zero attached hydrogens (tertiary/aromatic N) is 3. The van der Waals surface area contributed by atoms with Crippen LogP contribution in [0.2, 0.25) is 0 Å². The Morgan fingerprint density at radius 1 is 1.18 bits per heavy atom. The van der Waals surface area contributed by atoms with Crippen LogP contribution in [0.4, 0.5) is 5.13 Å². The van der Waals surface area contributed by atoms with Crippen molar-refractivity contribution in [2.75, 3.05) is 5.32 Å². The van der Waals surface area contributed by atoms with Gasteiger partial charge < -0.3 is 9.26 Å². The fourth-order valence-electron chi connectivity index (χ4n) is 2.91. The van der Waals surface area contributed by atoms with E-state index >= 15 is 0 Å². The predicted octanol–water partition coefficient (Wildman–Crippen LogP) is 4.44. The summed E-state index contributed by atoms with van der Waals surface area (Å²) in [6.45, 7) is 5.88. The molecule has 2 aromatic carbocycles. The van der Waals surface area contributed by atoms with Gasteiger partial charge in [0.15, 0.2) is 11.7 Å². The van der Waals surface area contributed by atoms with Crippen molar-refractivity contribution in [1.29, 1.82) is 0 Å². The highest BCUT2D eigenvalue weighted by Gasteiger charge is 2.16. The smallest absolute Gasteiger partial charge is 0.261 e. The number of thiazole rings is 1. The van der Waals surface area contributed by atoms with E-state index < -0.39 is 0 Å². The second-order valence-corrected chi connectivity index (χ2v) is 7.45. The second kappa shape index (κ2) is 7.40. The van der Waals surface area contributed by atoms with Gasteiger partial charge in [0.25, 0.3) is 5.91 Å². The van der Waals surface area contributed by atoms with Crippen LogP contribution in [0.1, 0.15) is 33.2 Å². The molecule has 4 aromatic rings. The first-order chi connectivity index (χ1) is 13.5. The van der Waals surface area contributed by atoms with Gasteiger partial charge in [-0.25, -0.2) is 4.98 Å². The van der Waals surface area contributed by atoms with Gasteiger partial charge in [0.05, 0.1) is 15.8 Å². The van der Waals surface area contributed by atoms with E-state index in [0.29, 0.717) is 28.2 Å². The molecule has 0 saturated heterocycles. The van der Waals surface area contributed by atoms with Crippen molar-refractivity contribution in [3.8, 4) is 5.75 Å². The summed E-state index contributed by atoms with van der Waals surface area (Å²) in [5.41, 5.74) is 3.57. The average molecular weight is 394 g/mol. The van der Waals surface area contributed by atoms with Crippen molar-refractivity contribution in [2.45, 2.75) is 27.4 Å². The molecule has 0 fully saturated rings. The van der Waals surface area contributed by atoms with Crippen LogP contribution in [0.3, 0.4) is 0 Å². The second-order valence-electron chi connectivity index (χ2n) is 6.42. The highest BCUT2D eigenvalue weighted by atomic mass is 32.1. The Kier molecular flexibility index (Phi) is 4.79.